The predicted molar refractivity (Wildman–Crippen MR) is 98.5 cm³/mol. The number of carbonyl (C=O) groups excluding carboxylic acids is 2. The zero-order valence-corrected chi connectivity index (χ0v) is 15.3. The second-order valence-electron chi connectivity index (χ2n) is 5.46. The van der Waals surface area contributed by atoms with E-state index in [0.717, 1.165) is 29.7 Å². The molecule has 1 aromatic heterocycles. The van der Waals surface area contributed by atoms with Crippen LogP contribution in [-0.2, 0) is 17.6 Å². The predicted octanol–water partition coefficient (Wildman–Crippen LogP) is 4.39. The van der Waals surface area contributed by atoms with E-state index in [1.807, 2.05) is 18.4 Å². The Bertz CT molecular complexity index is 765. The largest absolute Gasteiger partial charge is 0.462 e. The molecule has 1 amide bonds. The van der Waals surface area contributed by atoms with E-state index >= 15 is 0 Å². The third-order valence-corrected chi connectivity index (χ3v) is 5.93. The molecule has 1 aromatic carbocycles. The lowest BCUT2D eigenvalue weighted by Crippen LogP contribution is -2.15. The highest BCUT2D eigenvalue weighted by Gasteiger charge is 2.28. The molecule has 0 fully saturated rings. The van der Waals surface area contributed by atoms with Gasteiger partial charge in [-0.25, -0.2) is 4.79 Å². The minimum Gasteiger partial charge on any atom is -0.462 e. The van der Waals surface area contributed by atoms with Crippen LogP contribution in [0.1, 0.15) is 44.5 Å². The maximum atomic E-state index is 12.5. The van der Waals surface area contributed by atoms with Crippen LogP contribution in [-0.4, -0.2) is 24.7 Å². The summed E-state index contributed by atoms with van der Waals surface area (Å²) in [5.74, 6) is -0.543. The molecular formula is C18H19NO3S2. The van der Waals surface area contributed by atoms with Gasteiger partial charge in [0.25, 0.3) is 5.91 Å². The molecule has 126 valence electrons. The zero-order valence-electron chi connectivity index (χ0n) is 13.7. The normalized spacial score (nSPS) is 12.8. The number of hydrogen-bond donors (Lipinski definition) is 1. The molecule has 24 heavy (non-hydrogen) atoms. The van der Waals surface area contributed by atoms with Crippen molar-refractivity contribution < 1.29 is 14.3 Å². The highest BCUT2D eigenvalue weighted by atomic mass is 32.2. The fourth-order valence-electron chi connectivity index (χ4n) is 2.83. The molecule has 0 saturated heterocycles. The molecule has 1 heterocycles. The van der Waals surface area contributed by atoms with Gasteiger partial charge in [0.15, 0.2) is 0 Å². The Labute approximate surface area is 149 Å². The first-order chi connectivity index (χ1) is 11.6. The first-order valence-corrected chi connectivity index (χ1v) is 9.95. The van der Waals surface area contributed by atoms with Gasteiger partial charge >= 0.3 is 5.97 Å². The fraction of sp³-hybridized carbons (Fsp3) is 0.333. The van der Waals surface area contributed by atoms with Gasteiger partial charge < -0.3 is 10.1 Å². The van der Waals surface area contributed by atoms with Gasteiger partial charge in [-0.15, -0.1) is 23.1 Å². The molecule has 1 aliphatic carbocycles. The van der Waals surface area contributed by atoms with Crippen molar-refractivity contribution in [2.45, 2.75) is 31.1 Å². The second kappa shape index (κ2) is 7.40. The van der Waals surface area contributed by atoms with Crippen molar-refractivity contribution in [3.63, 3.8) is 0 Å². The summed E-state index contributed by atoms with van der Waals surface area (Å²) in [4.78, 5) is 27.1. The Morgan fingerprint density at radius 2 is 2.00 bits per heavy atom. The summed E-state index contributed by atoms with van der Waals surface area (Å²) in [5, 5.41) is 3.51. The number of esters is 1. The average molecular weight is 361 g/mol. The molecule has 3 rings (SSSR count). The quantitative estimate of drug-likeness (QED) is 0.634. The molecular weight excluding hydrogens is 342 g/mol. The summed E-state index contributed by atoms with van der Waals surface area (Å²) in [6, 6.07) is 7.43. The van der Waals surface area contributed by atoms with Gasteiger partial charge in [-0.2, -0.15) is 0 Å². The Balaban J connectivity index is 1.86. The number of hydrogen-bond acceptors (Lipinski definition) is 5. The number of rotatable bonds is 5. The monoisotopic (exact) mass is 361 g/mol. The van der Waals surface area contributed by atoms with Gasteiger partial charge in [0.2, 0.25) is 0 Å². The first-order valence-electron chi connectivity index (χ1n) is 7.91. The van der Waals surface area contributed by atoms with Crippen LogP contribution in [0.25, 0.3) is 0 Å². The standard InChI is InChI=1S/C18H19NO3S2/c1-3-22-18(21)15-13-5-4-6-14(13)24-17(15)19-16(20)11-7-9-12(23-2)10-8-11/h7-10H,3-6H2,1-2H3,(H,19,20). The first kappa shape index (κ1) is 17.0. The Morgan fingerprint density at radius 1 is 1.25 bits per heavy atom. The summed E-state index contributed by atoms with van der Waals surface area (Å²) < 4.78 is 5.18. The van der Waals surface area contributed by atoms with E-state index in [1.165, 1.54) is 16.2 Å². The van der Waals surface area contributed by atoms with Crippen LogP contribution in [0.5, 0.6) is 0 Å². The van der Waals surface area contributed by atoms with Crippen molar-refractivity contribution in [2.24, 2.45) is 0 Å². The number of benzene rings is 1. The topological polar surface area (TPSA) is 55.4 Å². The Hall–Kier alpha value is -1.79. The Morgan fingerprint density at radius 3 is 2.67 bits per heavy atom. The molecule has 6 heteroatoms. The maximum absolute atomic E-state index is 12.5. The smallest absolute Gasteiger partial charge is 0.341 e. The van der Waals surface area contributed by atoms with E-state index in [4.69, 9.17) is 4.74 Å². The van der Waals surface area contributed by atoms with E-state index in [0.29, 0.717) is 22.7 Å². The van der Waals surface area contributed by atoms with Crippen molar-refractivity contribution in [1.29, 1.82) is 0 Å². The third-order valence-electron chi connectivity index (χ3n) is 3.98. The second-order valence-corrected chi connectivity index (χ2v) is 7.45. The fourth-order valence-corrected chi connectivity index (χ4v) is 4.51. The number of aryl methyl sites for hydroxylation is 1. The van der Waals surface area contributed by atoms with Crippen molar-refractivity contribution >= 4 is 40.0 Å². The Kier molecular flexibility index (Phi) is 5.26. The van der Waals surface area contributed by atoms with E-state index in [9.17, 15) is 9.59 Å². The number of nitrogens with one attached hydrogen (secondary N) is 1. The SMILES string of the molecule is CCOC(=O)c1c(NC(=O)c2ccc(SC)cc2)sc2c1CCC2. The lowest BCUT2D eigenvalue weighted by Gasteiger charge is -2.08. The minimum absolute atomic E-state index is 0.201. The van der Waals surface area contributed by atoms with E-state index in [2.05, 4.69) is 5.32 Å². The van der Waals surface area contributed by atoms with Crippen LogP contribution < -0.4 is 5.32 Å². The van der Waals surface area contributed by atoms with Gasteiger partial charge in [0.05, 0.1) is 12.2 Å². The number of fused-ring (bicyclic) bond motifs is 1. The summed E-state index contributed by atoms with van der Waals surface area (Å²) in [5.41, 5.74) is 2.17. The summed E-state index contributed by atoms with van der Waals surface area (Å²) in [6.07, 6.45) is 4.88. The molecule has 1 N–H and O–H groups in total. The zero-order chi connectivity index (χ0) is 17.1. The maximum Gasteiger partial charge on any atom is 0.341 e. The van der Waals surface area contributed by atoms with E-state index in [-0.39, 0.29) is 11.9 Å². The van der Waals surface area contributed by atoms with Gasteiger partial charge in [-0.3, -0.25) is 4.79 Å². The number of amides is 1. The van der Waals surface area contributed by atoms with Gasteiger partial charge in [-0.05, 0) is 62.3 Å². The van der Waals surface area contributed by atoms with Gasteiger partial charge in [0, 0.05) is 15.3 Å². The number of carbonyl (C=O) groups is 2. The molecule has 0 aliphatic heterocycles. The molecule has 0 spiro atoms. The lowest BCUT2D eigenvalue weighted by molar-refractivity contribution is 0.0527. The third kappa shape index (κ3) is 3.35. The average Bonchev–Trinajstić information content (AvgIpc) is 3.15. The van der Waals surface area contributed by atoms with Crippen LogP contribution in [0.15, 0.2) is 29.2 Å². The molecule has 2 aromatic rings. The molecule has 4 nitrogen and oxygen atoms in total. The van der Waals surface area contributed by atoms with Crippen molar-refractivity contribution in [1.82, 2.24) is 0 Å². The molecule has 0 bridgehead atoms. The minimum atomic E-state index is -0.343. The highest BCUT2D eigenvalue weighted by Crippen LogP contribution is 2.39. The molecule has 0 unspecified atom stereocenters. The summed E-state index contributed by atoms with van der Waals surface area (Å²) in [6.45, 7) is 2.11. The number of anilines is 1. The van der Waals surface area contributed by atoms with Crippen molar-refractivity contribution in [2.75, 3.05) is 18.2 Å². The highest BCUT2D eigenvalue weighted by molar-refractivity contribution is 7.98. The van der Waals surface area contributed by atoms with Crippen LogP contribution in [0.4, 0.5) is 5.00 Å². The van der Waals surface area contributed by atoms with Crippen molar-refractivity contribution in [3.05, 3.63) is 45.8 Å². The van der Waals surface area contributed by atoms with Gasteiger partial charge in [-0.1, -0.05) is 0 Å². The van der Waals surface area contributed by atoms with Crippen LogP contribution >= 0.6 is 23.1 Å². The lowest BCUT2D eigenvalue weighted by atomic mass is 10.1. The summed E-state index contributed by atoms with van der Waals surface area (Å²) in [7, 11) is 0. The van der Waals surface area contributed by atoms with Crippen LogP contribution in [0.2, 0.25) is 0 Å². The van der Waals surface area contributed by atoms with E-state index < -0.39 is 0 Å². The van der Waals surface area contributed by atoms with E-state index in [1.54, 1.807) is 30.8 Å². The van der Waals surface area contributed by atoms with Crippen LogP contribution in [0.3, 0.4) is 0 Å². The van der Waals surface area contributed by atoms with Crippen molar-refractivity contribution in [3.8, 4) is 0 Å². The number of thioether (sulfide) groups is 1. The molecule has 0 saturated carbocycles. The molecule has 0 atom stereocenters. The summed E-state index contributed by atoms with van der Waals surface area (Å²) >= 11 is 3.13. The van der Waals surface area contributed by atoms with Gasteiger partial charge in [0.1, 0.15) is 5.00 Å². The number of ether oxygens (including phenoxy) is 1. The molecule has 1 aliphatic rings. The number of thiophene rings is 1. The van der Waals surface area contributed by atoms with Crippen LogP contribution in [0, 0.1) is 0 Å². The molecule has 0 radical (unpaired) electrons.